The number of aromatic nitrogens is 1. The highest BCUT2D eigenvalue weighted by molar-refractivity contribution is 9.10. The third kappa shape index (κ3) is 3.78. The fourth-order valence-corrected chi connectivity index (χ4v) is 2.91. The van der Waals surface area contributed by atoms with E-state index in [1.807, 2.05) is 12.3 Å². The summed E-state index contributed by atoms with van der Waals surface area (Å²) in [5.41, 5.74) is 2.21. The maximum Gasteiger partial charge on any atom is 0.335 e. The van der Waals surface area contributed by atoms with Gasteiger partial charge in [0.15, 0.2) is 0 Å². The number of carboxylic acids is 1. The van der Waals surface area contributed by atoms with E-state index >= 15 is 0 Å². The van der Waals surface area contributed by atoms with Crippen molar-refractivity contribution in [3.05, 3.63) is 44.3 Å². The quantitative estimate of drug-likeness (QED) is 0.873. The molecule has 1 aromatic carbocycles. The zero-order chi connectivity index (χ0) is 13.8. The number of hydrogen-bond acceptors (Lipinski definition) is 4. The van der Waals surface area contributed by atoms with E-state index in [0.717, 1.165) is 33.8 Å². The number of nitrogens with one attached hydrogen (secondary N) is 1. The predicted molar refractivity (Wildman–Crippen MR) is 80.1 cm³/mol. The van der Waals surface area contributed by atoms with Gasteiger partial charge in [0.1, 0.15) is 0 Å². The summed E-state index contributed by atoms with van der Waals surface area (Å²) in [6.45, 7) is 2.74. The van der Waals surface area contributed by atoms with Crippen LogP contribution in [-0.2, 0) is 6.42 Å². The molecule has 1 aromatic heterocycles. The molecule has 0 bridgehead atoms. The van der Waals surface area contributed by atoms with E-state index in [9.17, 15) is 4.79 Å². The second kappa shape index (κ2) is 6.16. The Balaban J connectivity index is 1.94. The molecule has 1 heterocycles. The monoisotopic (exact) mass is 340 g/mol. The van der Waals surface area contributed by atoms with Gasteiger partial charge < -0.3 is 10.4 Å². The van der Waals surface area contributed by atoms with Crippen LogP contribution in [0.4, 0.5) is 5.69 Å². The fourth-order valence-electron chi connectivity index (χ4n) is 1.61. The third-order valence-corrected chi connectivity index (χ3v) is 4.22. The summed E-state index contributed by atoms with van der Waals surface area (Å²) >= 11 is 5.02. The largest absolute Gasteiger partial charge is 0.478 e. The molecule has 0 unspecified atom stereocenters. The van der Waals surface area contributed by atoms with Crippen molar-refractivity contribution in [2.45, 2.75) is 13.3 Å². The molecule has 2 aromatic rings. The van der Waals surface area contributed by atoms with Gasteiger partial charge in [0, 0.05) is 34.2 Å². The first-order valence-electron chi connectivity index (χ1n) is 5.74. The van der Waals surface area contributed by atoms with Gasteiger partial charge in [0.25, 0.3) is 0 Å². The Bertz CT molecular complexity index is 598. The van der Waals surface area contributed by atoms with Crippen LogP contribution in [0.1, 0.15) is 21.1 Å². The number of rotatable bonds is 5. The Morgan fingerprint density at radius 1 is 1.53 bits per heavy atom. The van der Waals surface area contributed by atoms with E-state index in [0.29, 0.717) is 0 Å². The summed E-state index contributed by atoms with van der Waals surface area (Å²) in [4.78, 5) is 15.2. The minimum Gasteiger partial charge on any atom is -0.478 e. The van der Waals surface area contributed by atoms with Crippen molar-refractivity contribution in [3.8, 4) is 0 Å². The number of anilines is 1. The minimum absolute atomic E-state index is 0.271. The molecule has 0 saturated carbocycles. The SMILES string of the molecule is Cc1csc(CCNc2ccc(C(=O)O)cc2Br)n1. The van der Waals surface area contributed by atoms with Crippen molar-refractivity contribution in [2.75, 3.05) is 11.9 Å². The number of aryl methyl sites for hydroxylation is 1. The second-order valence-corrected chi connectivity index (χ2v) is 5.86. The second-order valence-electron chi connectivity index (χ2n) is 4.06. The lowest BCUT2D eigenvalue weighted by Crippen LogP contribution is -2.06. The highest BCUT2D eigenvalue weighted by Crippen LogP contribution is 2.23. The van der Waals surface area contributed by atoms with E-state index in [-0.39, 0.29) is 5.56 Å². The molecular formula is C13H13BrN2O2S. The third-order valence-electron chi connectivity index (χ3n) is 2.54. The maximum absolute atomic E-state index is 10.8. The van der Waals surface area contributed by atoms with Crippen LogP contribution in [0.3, 0.4) is 0 Å². The highest BCUT2D eigenvalue weighted by Gasteiger charge is 2.06. The lowest BCUT2D eigenvalue weighted by Gasteiger charge is -2.08. The lowest BCUT2D eigenvalue weighted by atomic mass is 10.2. The molecule has 19 heavy (non-hydrogen) atoms. The highest BCUT2D eigenvalue weighted by atomic mass is 79.9. The summed E-state index contributed by atoms with van der Waals surface area (Å²) in [5, 5.41) is 15.3. The van der Waals surface area contributed by atoms with Gasteiger partial charge in [-0.3, -0.25) is 0 Å². The molecule has 4 nitrogen and oxygen atoms in total. The molecule has 0 aliphatic carbocycles. The number of carbonyl (C=O) groups is 1. The number of nitrogens with zero attached hydrogens (tertiary/aromatic N) is 1. The number of carboxylic acid groups (broad SMARTS) is 1. The van der Waals surface area contributed by atoms with Gasteiger partial charge >= 0.3 is 5.97 Å². The molecule has 0 aliphatic rings. The molecule has 100 valence electrons. The average molecular weight is 341 g/mol. The van der Waals surface area contributed by atoms with Crippen molar-refractivity contribution < 1.29 is 9.90 Å². The number of thiazole rings is 1. The number of aromatic carboxylic acids is 1. The van der Waals surface area contributed by atoms with Crippen molar-refractivity contribution in [1.82, 2.24) is 4.98 Å². The lowest BCUT2D eigenvalue weighted by molar-refractivity contribution is 0.0697. The summed E-state index contributed by atoms with van der Waals surface area (Å²) in [7, 11) is 0. The Labute approximate surface area is 123 Å². The van der Waals surface area contributed by atoms with Crippen LogP contribution in [0.15, 0.2) is 28.1 Å². The first-order chi connectivity index (χ1) is 9.06. The molecule has 2 rings (SSSR count). The Morgan fingerprint density at radius 2 is 2.32 bits per heavy atom. The van der Waals surface area contributed by atoms with Gasteiger partial charge in [0.2, 0.25) is 0 Å². The summed E-state index contributed by atoms with van der Waals surface area (Å²) in [6.07, 6.45) is 0.853. The summed E-state index contributed by atoms with van der Waals surface area (Å²) in [6, 6.07) is 4.95. The number of hydrogen-bond donors (Lipinski definition) is 2. The molecule has 0 aliphatic heterocycles. The van der Waals surface area contributed by atoms with E-state index in [4.69, 9.17) is 5.11 Å². The van der Waals surface area contributed by atoms with Gasteiger partial charge in [-0.2, -0.15) is 0 Å². The molecule has 0 radical (unpaired) electrons. The number of halogens is 1. The van der Waals surface area contributed by atoms with Crippen molar-refractivity contribution in [2.24, 2.45) is 0 Å². The molecule has 0 amide bonds. The minimum atomic E-state index is -0.925. The fraction of sp³-hybridized carbons (Fsp3) is 0.231. The van der Waals surface area contributed by atoms with Crippen molar-refractivity contribution in [1.29, 1.82) is 0 Å². The molecule has 0 spiro atoms. The predicted octanol–water partition coefficient (Wildman–Crippen LogP) is 3.57. The zero-order valence-corrected chi connectivity index (χ0v) is 12.7. The Morgan fingerprint density at radius 3 is 2.89 bits per heavy atom. The van der Waals surface area contributed by atoms with E-state index in [2.05, 4.69) is 26.2 Å². The van der Waals surface area contributed by atoms with Crippen molar-refractivity contribution in [3.63, 3.8) is 0 Å². The van der Waals surface area contributed by atoms with E-state index < -0.39 is 5.97 Å². The van der Waals surface area contributed by atoms with Crippen LogP contribution in [0.25, 0.3) is 0 Å². The summed E-state index contributed by atoms with van der Waals surface area (Å²) in [5.74, 6) is -0.925. The van der Waals surface area contributed by atoms with Gasteiger partial charge in [-0.15, -0.1) is 11.3 Å². The molecule has 0 fully saturated rings. The Hall–Kier alpha value is -1.40. The molecular weight excluding hydrogens is 328 g/mol. The first kappa shape index (κ1) is 14.0. The van der Waals surface area contributed by atoms with Crippen LogP contribution < -0.4 is 5.32 Å². The Kier molecular flexibility index (Phi) is 4.55. The van der Waals surface area contributed by atoms with E-state index in [1.54, 1.807) is 29.5 Å². The maximum atomic E-state index is 10.8. The molecule has 0 saturated heterocycles. The average Bonchev–Trinajstić information content (AvgIpc) is 2.77. The molecule has 0 atom stereocenters. The van der Waals surface area contributed by atoms with Crippen LogP contribution >= 0.6 is 27.3 Å². The topological polar surface area (TPSA) is 62.2 Å². The van der Waals surface area contributed by atoms with Crippen LogP contribution in [-0.4, -0.2) is 22.6 Å². The number of benzene rings is 1. The first-order valence-corrected chi connectivity index (χ1v) is 7.41. The van der Waals surface area contributed by atoms with Crippen molar-refractivity contribution >= 4 is 38.9 Å². The van der Waals surface area contributed by atoms with Crippen LogP contribution in [0, 0.1) is 6.92 Å². The van der Waals surface area contributed by atoms with Crippen LogP contribution in [0.2, 0.25) is 0 Å². The van der Waals surface area contributed by atoms with Gasteiger partial charge in [-0.25, -0.2) is 9.78 Å². The standard InChI is InChI=1S/C13H13BrN2O2S/c1-8-7-19-12(16-8)4-5-15-11-3-2-9(13(17)18)6-10(11)14/h2-3,6-7,15H,4-5H2,1H3,(H,17,18). The normalized spacial score (nSPS) is 10.4. The van der Waals surface area contributed by atoms with Gasteiger partial charge in [-0.05, 0) is 41.1 Å². The van der Waals surface area contributed by atoms with Gasteiger partial charge in [0.05, 0.1) is 10.6 Å². The zero-order valence-electron chi connectivity index (χ0n) is 10.3. The smallest absolute Gasteiger partial charge is 0.335 e. The molecule has 6 heteroatoms. The summed E-state index contributed by atoms with van der Waals surface area (Å²) < 4.78 is 0.753. The van der Waals surface area contributed by atoms with Crippen LogP contribution in [0.5, 0.6) is 0 Å². The van der Waals surface area contributed by atoms with Gasteiger partial charge in [-0.1, -0.05) is 0 Å². The van der Waals surface area contributed by atoms with E-state index in [1.165, 1.54) is 0 Å². The molecule has 2 N–H and O–H groups in total.